The predicted molar refractivity (Wildman–Crippen MR) is 75.9 cm³/mol. The van der Waals surface area contributed by atoms with E-state index in [0.717, 1.165) is 5.06 Å². The van der Waals surface area contributed by atoms with Crippen molar-refractivity contribution in [1.29, 1.82) is 0 Å². The molecule has 2 rings (SSSR count). The number of rotatable bonds is 2. The van der Waals surface area contributed by atoms with Gasteiger partial charge in [0.25, 0.3) is 5.91 Å². The van der Waals surface area contributed by atoms with Crippen LogP contribution in [0, 0.1) is 0 Å². The van der Waals surface area contributed by atoms with Crippen molar-refractivity contribution in [3.8, 4) is 0 Å². The largest absolute Gasteiger partial charge is 0.399 e. The molecule has 102 valence electrons. The van der Waals surface area contributed by atoms with Gasteiger partial charge in [-0.2, -0.15) is 0 Å². The number of hydroxylamine groups is 1. The molecule has 20 heavy (non-hydrogen) atoms. The number of hydrogen-bond donors (Lipinski definition) is 1. The van der Waals surface area contributed by atoms with Gasteiger partial charge in [0.05, 0.1) is 5.69 Å². The Morgan fingerprint density at radius 1 is 1.00 bits per heavy atom. The quantitative estimate of drug-likeness (QED) is 0.671. The van der Waals surface area contributed by atoms with Crippen molar-refractivity contribution < 1.29 is 14.4 Å². The minimum Gasteiger partial charge on any atom is -0.399 e. The molecule has 0 aliphatic rings. The first kappa shape index (κ1) is 13.6. The van der Waals surface area contributed by atoms with Crippen molar-refractivity contribution in [3.05, 3.63) is 60.2 Å². The highest BCUT2D eigenvalue weighted by atomic mass is 16.7. The molecule has 0 saturated heterocycles. The van der Waals surface area contributed by atoms with Gasteiger partial charge < -0.3 is 10.6 Å². The highest BCUT2D eigenvalue weighted by Crippen LogP contribution is 2.18. The third-order valence-corrected chi connectivity index (χ3v) is 2.55. The fourth-order valence-electron chi connectivity index (χ4n) is 1.65. The number of nitrogens with zero attached hydrogens (tertiary/aromatic N) is 1. The van der Waals surface area contributed by atoms with Crippen molar-refractivity contribution in [2.45, 2.75) is 6.92 Å². The number of nitrogens with two attached hydrogens (primary N) is 1. The van der Waals surface area contributed by atoms with Crippen molar-refractivity contribution in [3.63, 3.8) is 0 Å². The highest BCUT2D eigenvalue weighted by Gasteiger charge is 2.20. The summed E-state index contributed by atoms with van der Waals surface area (Å²) in [6.45, 7) is 1.24. The summed E-state index contributed by atoms with van der Waals surface area (Å²) >= 11 is 0. The van der Waals surface area contributed by atoms with Crippen molar-refractivity contribution >= 4 is 23.3 Å². The van der Waals surface area contributed by atoms with E-state index >= 15 is 0 Å². The van der Waals surface area contributed by atoms with Crippen LogP contribution in [0.3, 0.4) is 0 Å². The molecule has 0 spiro atoms. The normalized spacial score (nSPS) is 9.85. The first-order chi connectivity index (χ1) is 9.58. The van der Waals surface area contributed by atoms with Crippen molar-refractivity contribution in [1.82, 2.24) is 0 Å². The van der Waals surface area contributed by atoms with Gasteiger partial charge >= 0.3 is 5.97 Å². The molecule has 2 N–H and O–H groups in total. The lowest BCUT2D eigenvalue weighted by Gasteiger charge is -2.20. The van der Waals surface area contributed by atoms with Crippen LogP contribution in [0.4, 0.5) is 11.4 Å². The lowest BCUT2D eigenvalue weighted by molar-refractivity contribution is -0.141. The Labute approximate surface area is 116 Å². The SMILES string of the molecule is CC(=O)ON(C(=O)c1ccc(N)cc1)c1ccccc1. The third-order valence-electron chi connectivity index (χ3n) is 2.55. The second-order valence-corrected chi connectivity index (χ2v) is 4.14. The average Bonchev–Trinajstić information content (AvgIpc) is 2.45. The summed E-state index contributed by atoms with van der Waals surface area (Å²) < 4.78 is 0. The van der Waals surface area contributed by atoms with Gasteiger partial charge in [0.15, 0.2) is 0 Å². The molecule has 0 atom stereocenters. The number of benzene rings is 2. The summed E-state index contributed by atoms with van der Waals surface area (Å²) in [5.74, 6) is -1.01. The van der Waals surface area contributed by atoms with Crippen LogP contribution in [0.25, 0.3) is 0 Å². The van der Waals surface area contributed by atoms with E-state index in [1.165, 1.54) is 6.92 Å². The average molecular weight is 270 g/mol. The molecule has 0 aliphatic heterocycles. The molecular formula is C15H14N2O3. The van der Waals surface area contributed by atoms with E-state index in [1.807, 2.05) is 6.07 Å². The summed E-state index contributed by atoms with van der Waals surface area (Å²) in [5, 5.41) is 0.966. The fraction of sp³-hybridized carbons (Fsp3) is 0.0667. The van der Waals surface area contributed by atoms with Crippen LogP contribution in [0.15, 0.2) is 54.6 Å². The second kappa shape index (κ2) is 5.88. The summed E-state index contributed by atoms with van der Waals surface area (Å²) in [6.07, 6.45) is 0. The lowest BCUT2D eigenvalue weighted by atomic mass is 10.2. The van der Waals surface area contributed by atoms with Gasteiger partial charge in [0, 0.05) is 18.2 Å². The fourth-order valence-corrected chi connectivity index (χ4v) is 1.65. The van der Waals surface area contributed by atoms with Gasteiger partial charge in [-0.25, -0.2) is 4.79 Å². The van der Waals surface area contributed by atoms with Crippen LogP contribution in [-0.4, -0.2) is 11.9 Å². The minimum absolute atomic E-state index is 0.379. The Morgan fingerprint density at radius 2 is 1.60 bits per heavy atom. The second-order valence-electron chi connectivity index (χ2n) is 4.14. The molecule has 2 aromatic carbocycles. The van der Waals surface area contributed by atoms with Crippen LogP contribution < -0.4 is 10.8 Å². The summed E-state index contributed by atoms with van der Waals surface area (Å²) in [4.78, 5) is 28.6. The molecular weight excluding hydrogens is 256 g/mol. The lowest BCUT2D eigenvalue weighted by Crippen LogP contribution is -2.32. The third kappa shape index (κ3) is 3.14. The van der Waals surface area contributed by atoms with Gasteiger partial charge in [0.1, 0.15) is 0 Å². The van der Waals surface area contributed by atoms with Gasteiger partial charge in [-0.05, 0) is 36.4 Å². The van der Waals surface area contributed by atoms with Crippen LogP contribution in [0.1, 0.15) is 17.3 Å². The maximum atomic E-state index is 12.4. The molecule has 2 aromatic rings. The molecule has 1 amide bonds. The van der Waals surface area contributed by atoms with Gasteiger partial charge in [-0.3, -0.25) is 4.79 Å². The Hall–Kier alpha value is -2.82. The summed E-state index contributed by atoms with van der Waals surface area (Å²) in [5.41, 5.74) is 7.00. The molecule has 0 aromatic heterocycles. The molecule has 0 radical (unpaired) electrons. The van der Waals surface area contributed by atoms with E-state index in [2.05, 4.69) is 0 Å². The first-order valence-electron chi connectivity index (χ1n) is 6.01. The Kier molecular flexibility index (Phi) is 4.00. The number of amides is 1. The number of para-hydroxylation sites is 1. The van der Waals surface area contributed by atoms with E-state index in [0.29, 0.717) is 16.9 Å². The zero-order chi connectivity index (χ0) is 14.5. The standard InChI is InChI=1S/C15H14N2O3/c1-11(18)20-17(14-5-3-2-4-6-14)15(19)12-7-9-13(16)10-8-12/h2-10H,16H2,1H3. The predicted octanol–water partition coefficient (Wildman–Crippen LogP) is 2.39. The number of nitrogen functional groups attached to an aromatic ring is 1. The van der Waals surface area contributed by atoms with E-state index in [-0.39, 0.29) is 0 Å². The molecule has 0 saturated carbocycles. The molecule has 5 nitrogen and oxygen atoms in total. The molecule has 0 heterocycles. The maximum absolute atomic E-state index is 12.4. The molecule has 0 bridgehead atoms. The van der Waals surface area contributed by atoms with Crippen molar-refractivity contribution in [2.75, 3.05) is 10.8 Å². The Balaban J connectivity index is 2.34. The zero-order valence-corrected chi connectivity index (χ0v) is 10.9. The summed E-state index contributed by atoms with van der Waals surface area (Å²) in [6, 6.07) is 15.1. The molecule has 0 aliphatic carbocycles. The van der Waals surface area contributed by atoms with Gasteiger partial charge in [-0.1, -0.05) is 18.2 Å². The monoisotopic (exact) mass is 270 g/mol. The highest BCUT2D eigenvalue weighted by molar-refractivity contribution is 6.05. The van der Waals surface area contributed by atoms with Gasteiger partial charge in [0.2, 0.25) is 0 Å². The zero-order valence-electron chi connectivity index (χ0n) is 10.9. The number of anilines is 2. The topological polar surface area (TPSA) is 72.6 Å². The number of hydrogen-bond acceptors (Lipinski definition) is 4. The first-order valence-corrected chi connectivity index (χ1v) is 6.01. The van der Waals surface area contributed by atoms with Crippen LogP contribution in [0.2, 0.25) is 0 Å². The Morgan fingerprint density at radius 3 is 2.15 bits per heavy atom. The van der Waals surface area contributed by atoms with E-state index in [1.54, 1.807) is 48.5 Å². The number of carbonyl (C=O) groups excluding carboxylic acids is 2. The van der Waals surface area contributed by atoms with Gasteiger partial charge in [-0.15, -0.1) is 5.06 Å². The van der Waals surface area contributed by atoms with Crippen LogP contribution >= 0.6 is 0 Å². The van der Waals surface area contributed by atoms with E-state index in [4.69, 9.17) is 10.6 Å². The molecule has 0 fully saturated rings. The molecule has 0 unspecified atom stereocenters. The van der Waals surface area contributed by atoms with Crippen LogP contribution in [-0.2, 0) is 9.63 Å². The van der Waals surface area contributed by atoms with E-state index in [9.17, 15) is 9.59 Å². The minimum atomic E-state index is -0.572. The summed E-state index contributed by atoms with van der Waals surface area (Å²) in [7, 11) is 0. The number of carbonyl (C=O) groups is 2. The van der Waals surface area contributed by atoms with Crippen molar-refractivity contribution in [2.24, 2.45) is 0 Å². The Bertz CT molecular complexity index is 609. The smallest absolute Gasteiger partial charge is 0.330 e. The van der Waals surface area contributed by atoms with E-state index < -0.39 is 11.9 Å². The van der Waals surface area contributed by atoms with Crippen LogP contribution in [0.5, 0.6) is 0 Å². The molecule has 5 heteroatoms. The maximum Gasteiger partial charge on any atom is 0.330 e.